The third kappa shape index (κ3) is 5.84. The van der Waals surface area contributed by atoms with Crippen molar-refractivity contribution in [2.75, 3.05) is 4.90 Å². The number of rotatable bonds is 6. The fourth-order valence-electron chi connectivity index (χ4n) is 13.9. The first-order valence-corrected chi connectivity index (χ1v) is 26.7. The maximum absolute atomic E-state index is 2.53. The van der Waals surface area contributed by atoms with Crippen LogP contribution in [0.1, 0.15) is 76.8 Å². The van der Waals surface area contributed by atoms with Crippen LogP contribution in [0, 0.1) is 0 Å². The van der Waals surface area contributed by atoms with Gasteiger partial charge in [0, 0.05) is 42.6 Å². The summed E-state index contributed by atoms with van der Waals surface area (Å²) < 4.78 is 2.61. The van der Waals surface area contributed by atoms with Gasteiger partial charge in [0.25, 0.3) is 0 Å². The van der Waals surface area contributed by atoms with Crippen LogP contribution in [0.4, 0.5) is 17.1 Å². The summed E-state index contributed by atoms with van der Waals surface area (Å²) in [4.78, 5) is 2.47. The van der Waals surface area contributed by atoms with Gasteiger partial charge < -0.3 is 4.90 Å². The van der Waals surface area contributed by atoms with E-state index in [2.05, 4.69) is 267 Å². The van der Waals surface area contributed by atoms with E-state index in [1.165, 1.54) is 109 Å². The van der Waals surface area contributed by atoms with Crippen molar-refractivity contribution in [2.24, 2.45) is 0 Å². The summed E-state index contributed by atoms with van der Waals surface area (Å²) in [7, 11) is 0. The van der Waals surface area contributed by atoms with E-state index in [9.17, 15) is 0 Å². The molecule has 0 fully saturated rings. The molecular formula is C71H51NS. The summed E-state index contributed by atoms with van der Waals surface area (Å²) in [5, 5.41) is 2.62. The Morgan fingerprint density at radius 1 is 0.370 bits per heavy atom. The molecule has 346 valence electrons. The highest BCUT2D eigenvalue weighted by Crippen LogP contribution is 2.65. The van der Waals surface area contributed by atoms with Gasteiger partial charge in [-0.15, -0.1) is 11.3 Å². The van der Waals surface area contributed by atoms with Crippen LogP contribution in [-0.2, 0) is 16.2 Å². The summed E-state index contributed by atoms with van der Waals surface area (Å²) in [6, 6.07) is 87.8. The fraction of sp³-hybridized carbons (Fsp3) is 0.0986. The molecule has 2 heteroatoms. The average molecular weight is 950 g/mol. The number of nitrogens with zero attached hydrogens (tertiary/aromatic N) is 1. The Morgan fingerprint density at radius 2 is 0.904 bits per heavy atom. The van der Waals surface area contributed by atoms with Crippen molar-refractivity contribution in [1.82, 2.24) is 0 Å². The van der Waals surface area contributed by atoms with Crippen molar-refractivity contribution in [1.29, 1.82) is 0 Å². The second kappa shape index (κ2) is 15.8. The number of allylic oxidation sites excluding steroid dienone is 4. The van der Waals surface area contributed by atoms with Crippen LogP contribution in [0.2, 0.25) is 0 Å². The molecule has 15 rings (SSSR count). The van der Waals surface area contributed by atoms with E-state index in [4.69, 9.17) is 0 Å². The maximum atomic E-state index is 2.53. The number of anilines is 3. The minimum Gasteiger partial charge on any atom is -0.310 e. The third-order valence-corrected chi connectivity index (χ3v) is 18.2. The zero-order chi connectivity index (χ0) is 48.5. The summed E-state index contributed by atoms with van der Waals surface area (Å²) in [5.41, 5.74) is 23.4. The second-order valence-electron chi connectivity index (χ2n) is 21.0. The molecule has 11 aromatic rings. The molecule has 0 atom stereocenters. The van der Waals surface area contributed by atoms with E-state index < -0.39 is 10.8 Å². The van der Waals surface area contributed by atoms with E-state index in [1.807, 2.05) is 11.3 Å². The summed E-state index contributed by atoms with van der Waals surface area (Å²) in [5.74, 6) is 0. The van der Waals surface area contributed by atoms with Crippen molar-refractivity contribution < 1.29 is 0 Å². The molecule has 1 nitrogen and oxygen atoms in total. The first-order valence-electron chi connectivity index (χ1n) is 25.9. The minimum absolute atomic E-state index is 0.121. The Morgan fingerprint density at radius 3 is 1.63 bits per heavy atom. The Bertz CT molecular complexity index is 4080. The lowest BCUT2D eigenvalue weighted by Crippen LogP contribution is -2.45. The molecule has 1 heterocycles. The van der Waals surface area contributed by atoms with Crippen molar-refractivity contribution in [3.8, 4) is 33.4 Å². The number of hydrogen-bond acceptors (Lipinski definition) is 2. The molecule has 1 spiro atoms. The lowest BCUT2D eigenvalue weighted by atomic mass is 9.51. The Labute approximate surface area is 431 Å². The van der Waals surface area contributed by atoms with Gasteiger partial charge in [0.15, 0.2) is 0 Å². The number of benzene rings is 10. The van der Waals surface area contributed by atoms with Crippen LogP contribution < -0.4 is 4.90 Å². The van der Waals surface area contributed by atoms with Gasteiger partial charge >= 0.3 is 0 Å². The predicted octanol–water partition coefficient (Wildman–Crippen LogP) is 18.8. The van der Waals surface area contributed by atoms with Crippen molar-refractivity contribution in [3.63, 3.8) is 0 Å². The van der Waals surface area contributed by atoms with Crippen molar-refractivity contribution >= 4 is 48.6 Å². The van der Waals surface area contributed by atoms with Gasteiger partial charge in [-0.3, -0.25) is 0 Å². The fourth-order valence-corrected chi connectivity index (χ4v) is 15.0. The van der Waals surface area contributed by atoms with E-state index in [1.54, 1.807) is 0 Å². The molecule has 0 bridgehead atoms. The normalized spacial score (nSPS) is 18.4. The number of thiophene rings is 1. The molecule has 10 aromatic carbocycles. The van der Waals surface area contributed by atoms with Crippen LogP contribution in [0.5, 0.6) is 0 Å². The smallest absolute Gasteiger partial charge is 0.0720 e. The van der Waals surface area contributed by atoms with Crippen molar-refractivity contribution in [2.45, 2.75) is 42.9 Å². The molecule has 4 aliphatic carbocycles. The molecule has 1 aromatic heterocycles. The average Bonchev–Trinajstić information content (AvgIpc) is 4.06. The lowest BCUT2D eigenvalue weighted by molar-refractivity contribution is 0.619. The van der Waals surface area contributed by atoms with Crippen LogP contribution in [-0.4, -0.2) is 0 Å². The van der Waals surface area contributed by atoms with Crippen LogP contribution >= 0.6 is 11.3 Å². The number of fused-ring (bicyclic) bond motifs is 15. The summed E-state index contributed by atoms with van der Waals surface area (Å²) >= 11 is 1.87. The number of hydrogen-bond donors (Lipinski definition) is 0. The molecule has 73 heavy (non-hydrogen) atoms. The maximum Gasteiger partial charge on any atom is 0.0720 e. The molecule has 0 saturated carbocycles. The van der Waals surface area contributed by atoms with Gasteiger partial charge in [-0.2, -0.15) is 0 Å². The minimum atomic E-state index is -0.546. The molecule has 0 saturated heterocycles. The van der Waals surface area contributed by atoms with Gasteiger partial charge in [-0.05, 0) is 150 Å². The van der Waals surface area contributed by atoms with Crippen LogP contribution in [0.15, 0.2) is 254 Å². The summed E-state index contributed by atoms with van der Waals surface area (Å²) in [6.07, 6.45) is 9.39. The van der Waals surface area contributed by atoms with Crippen molar-refractivity contribution in [3.05, 3.63) is 304 Å². The van der Waals surface area contributed by atoms with Gasteiger partial charge in [-0.1, -0.05) is 214 Å². The molecule has 0 N–H and O–H groups in total. The zero-order valence-electron chi connectivity index (χ0n) is 40.9. The van der Waals surface area contributed by atoms with Gasteiger partial charge in [0.1, 0.15) is 0 Å². The Balaban J connectivity index is 0.903. The van der Waals surface area contributed by atoms with E-state index in [0.717, 1.165) is 29.9 Å². The first kappa shape index (κ1) is 42.4. The largest absolute Gasteiger partial charge is 0.310 e. The van der Waals surface area contributed by atoms with Gasteiger partial charge in [0.05, 0.1) is 10.8 Å². The quantitative estimate of drug-likeness (QED) is 0.161. The van der Waals surface area contributed by atoms with E-state index in [-0.39, 0.29) is 5.41 Å². The first-order chi connectivity index (χ1) is 36.0. The Kier molecular flexibility index (Phi) is 9.20. The van der Waals surface area contributed by atoms with Gasteiger partial charge in [-0.25, -0.2) is 0 Å². The molecule has 0 amide bonds. The highest BCUT2D eigenvalue weighted by Gasteiger charge is 2.57. The second-order valence-corrected chi connectivity index (χ2v) is 22.0. The Hall–Kier alpha value is -8.30. The zero-order valence-corrected chi connectivity index (χ0v) is 41.8. The lowest BCUT2D eigenvalue weighted by Gasteiger charge is -2.50. The summed E-state index contributed by atoms with van der Waals surface area (Å²) in [6.45, 7) is 4.75. The van der Waals surface area contributed by atoms with E-state index in [0.29, 0.717) is 0 Å². The molecule has 4 aliphatic rings. The highest BCUT2D eigenvalue weighted by molar-refractivity contribution is 7.25. The SMILES string of the molecule is CC1(C)c2ccccc2-c2ccc(N(c3ccc(-c4ccc5c(c4)C4(c6ccccc6-5)c5ccccc5C(C5=CCCC=C5)(c5ccccc5)c5ccccc54)cc3)c3ccc4c(c3)sc3ccccc34)cc21. The molecule has 0 radical (unpaired) electrons. The van der Waals surface area contributed by atoms with Gasteiger partial charge in [0.2, 0.25) is 0 Å². The highest BCUT2D eigenvalue weighted by atomic mass is 32.1. The molecule has 0 aliphatic heterocycles. The molecular weight excluding hydrogens is 899 g/mol. The predicted molar refractivity (Wildman–Crippen MR) is 307 cm³/mol. The van der Waals surface area contributed by atoms with Crippen LogP contribution in [0.3, 0.4) is 0 Å². The van der Waals surface area contributed by atoms with Crippen LogP contribution in [0.25, 0.3) is 53.6 Å². The standard InChI is InChI=1S/C71H51NS/c1-69(2)59-26-12-9-23-53(59)55-41-38-51(44-65(55)69)72(52-39-42-58-57-25-11-18-32-67(57)73-68(58)45-52)50-36-33-46(34-37-50)47-35-40-56-54-24-10-13-27-60(54)71(66(56)43-47)63-30-16-14-28-61(63)70(48-19-5-3-6-20-48,49-21-7-4-8-22-49)62-29-15-17-31-64(62)71/h3,5-7,9-45H,4,8H2,1-2H3. The van der Waals surface area contributed by atoms with E-state index >= 15 is 0 Å². The molecule has 0 unspecified atom stereocenters. The third-order valence-electron chi connectivity index (χ3n) is 17.1. The monoisotopic (exact) mass is 949 g/mol. The topological polar surface area (TPSA) is 3.24 Å².